The van der Waals surface area contributed by atoms with Crippen LogP contribution in [0.3, 0.4) is 0 Å². The first-order valence-corrected chi connectivity index (χ1v) is 35.6. The van der Waals surface area contributed by atoms with Crippen LogP contribution in [0.2, 0.25) is 0 Å². The number of allylic oxidation sites excluding steroid dienone is 14. The summed E-state index contributed by atoms with van der Waals surface area (Å²) in [6.07, 6.45) is 93.3. The molecule has 0 aliphatic heterocycles. The summed E-state index contributed by atoms with van der Waals surface area (Å²) in [5.74, 6) is -0.906. The van der Waals surface area contributed by atoms with Crippen LogP contribution in [-0.4, -0.2) is 37.2 Å². The van der Waals surface area contributed by atoms with Crippen LogP contribution >= 0.6 is 0 Å². The highest BCUT2D eigenvalue weighted by Gasteiger charge is 2.19. The lowest BCUT2D eigenvalue weighted by Crippen LogP contribution is -2.30. The van der Waals surface area contributed by atoms with E-state index in [1.165, 1.54) is 218 Å². The molecule has 0 heterocycles. The van der Waals surface area contributed by atoms with Gasteiger partial charge in [-0.05, 0) is 96.3 Å². The molecule has 6 heteroatoms. The van der Waals surface area contributed by atoms with Gasteiger partial charge in [0.2, 0.25) is 0 Å². The van der Waals surface area contributed by atoms with Crippen LogP contribution in [0.1, 0.15) is 361 Å². The predicted octanol–water partition coefficient (Wildman–Crippen LogP) is 24.6. The van der Waals surface area contributed by atoms with Crippen LogP contribution in [0.25, 0.3) is 0 Å². The number of carbonyl (C=O) groups excluding carboxylic acids is 3. The minimum atomic E-state index is -0.797. The van der Waals surface area contributed by atoms with Crippen LogP contribution in [0, 0.1) is 0 Å². The van der Waals surface area contributed by atoms with Crippen molar-refractivity contribution < 1.29 is 28.6 Å². The molecule has 0 aliphatic carbocycles. The van der Waals surface area contributed by atoms with E-state index in [1.807, 2.05) is 0 Å². The van der Waals surface area contributed by atoms with Crippen LogP contribution in [0.4, 0.5) is 0 Å². The second-order valence-corrected chi connectivity index (χ2v) is 23.8. The van der Waals surface area contributed by atoms with E-state index >= 15 is 0 Å². The molecule has 0 aliphatic rings. The molecule has 1 atom stereocenters. The lowest BCUT2D eigenvalue weighted by Gasteiger charge is -2.18. The Morgan fingerprint density at radius 2 is 0.476 bits per heavy atom. The molecule has 0 saturated heterocycles. The van der Waals surface area contributed by atoms with Gasteiger partial charge in [0.1, 0.15) is 13.2 Å². The molecule has 474 valence electrons. The number of carbonyl (C=O) groups is 3. The van der Waals surface area contributed by atoms with E-state index in [9.17, 15) is 14.4 Å². The zero-order valence-electron chi connectivity index (χ0n) is 54.5. The standard InChI is InChI=1S/C76H134O6/c1-4-7-10-13-16-19-22-25-28-31-34-35-36-37-38-39-40-43-45-48-51-54-57-60-63-66-69-75(78)81-72-73(82-76(79)70-67-64-61-58-55-52-49-46-42-33-30-27-24-21-18-15-12-9-6-3)71-80-74(77)68-65-62-59-56-53-50-47-44-41-32-29-26-23-20-17-14-11-8-5-2/h9,12,17-18,20-21,26-27,29-30,42,46,52,55,73H,4-8,10-11,13-16,19,22-25,28,31-41,43-45,47-51,53-54,56-72H2,1-3H3/b12-9-,20-17-,21-18-,29-26-,30-27-,46-42-,55-52-. The van der Waals surface area contributed by atoms with E-state index in [0.29, 0.717) is 19.3 Å². The molecule has 0 saturated carbocycles. The summed E-state index contributed by atoms with van der Waals surface area (Å²) in [4.78, 5) is 38.5. The maximum absolute atomic E-state index is 12.9. The average Bonchev–Trinajstić information content (AvgIpc) is 3.48. The Morgan fingerprint density at radius 1 is 0.256 bits per heavy atom. The Bertz CT molecular complexity index is 1550. The van der Waals surface area contributed by atoms with E-state index in [2.05, 4.69) is 106 Å². The first-order chi connectivity index (χ1) is 40.5. The van der Waals surface area contributed by atoms with Gasteiger partial charge in [0, 0.05) is 19.3 Å². The summed E-state index contributed by atoms with van der Waals surface area (Å²) < 4.78 is 17.0. The summed E-state index contributed by atoms with van der Waals surface area (Å²) in [6.45, 7) is 6.53. The van der Waals surface area contributed by atoms with Gasteiger partial charge in [0.05, 0.1) is 0 Å². The number of ether oxygens (including phenoxy) is 3. The zero-order chi connectivity index (χ0) is 59.2. The fourth-order valence-corrected chi connectivity index (χ4v) is 10.3. The van der Waals surface area contributed by atoms with Gasteiger partial charge in [-0.25, -0.2) is 0 Å². The Morgan fingerprint density at radius 3 is 0.780 bits per heavy atom. The van der Waals surface area contributed by atoms with Crippen LogP contribution in [0.5, 0.6) is 0 Å². The van der Waals surface area contributed by atoms with Gasteiger partial charge in [-0.3, -0.25) is 14.4 Å². The zero-order valence-corrected chi connectivity index (χ0v) is 54.5. The summed E-state index contributed by atoms with van der Waals surface area (Å²) in [5, 5.41) is 0. The van der Waals surface area contributed by atoms with Crippen LogP contribution in [-0.2, 0) is 28.6 Å². The van der Waals surface area contributed by atoms with Gasteiger partial charge < -0.3 is 14.2 Å². The maximum atomic E-state index is 12.9. The normalized spacial score (nSPS) is 12.6. The van der Waals surface area contributed by atoms with Crippen molar-refractivity contribution in [2.75, 3.05) is 13.2 Å². The molecule has 0 spiro atoms. The lowest BCUT2D eigenvalue weighted by atomic mass is 10.0. The van der Waals surface area contributed by atoms with Crippen molar-refractivity contribution in [2.24, 2.45) is 0 Å². The summed E-state index contributed by atoms with van der Waals surface area (Å²) in [6, 6.07) is 0. The van der Waals surface area contributed by atoms with Gasteiger partial charge in [0.25, 0.3) is 0 Å². The summed E-state index contributed by atoms with van der Waals surface area (Å²) >= 11 is 0. The largest absolute Gasteiger partial charge is 0.462 e. The molecule has 0 aromatic carbocycles. The predicted molar refractivity (Wildman–Crippen MR) is 358 cm³/mol. The maximum Gasteiger partial charge on any atom is 0.306 e. The Kier molecular flexibility index (Phi) is 67.2. The lowest BCUT2D eigenvalue weighted by molar-refractivity contribution is -0.167. The van der Waals surface area contributed by atoms with Gasteiger partial charge in [-0.15, -0.1) is 0 Å². The van der Waals surface area contributed by atoms with E-state index in [1.54, 1.807) is 0 Å². The molecule has 0 rings (SSSR count). The highest BCUT2D eigenvalue weighted by atomic mass is 16.6. The molecular weight excluding hydrogens is 1010 g/mol. The Balaban J connectivity index is 4.35. The molecule has 0 amide bonds. The number of hydrogen-bond donors (Lipinski definition) is 0. The molecular formula is C76H134O6. The monoisotopic (exact) mass is 1140 g/mol. The van der Waals surface area contributed by atoms with E-state index in [0.717, 1.165) is 103 Å². The second kappa shape index (κ2) is 70.1. The molecule has 1 unspecified atom stereocenters. The van der Waals surface area contributed by atoms with Crippen LogP contribution < -0.4 is 0 Å². The topological polar surface area (TPSA) is 78.9 Å². The molecule has 0 N–H and O–H groups in total. The van der Waals surface area contributed by atoms with Crippen molar-refractivity contribution in [3.05, 3.63) is 85.1 Å². The molecule has 6 nitrogen and oxygen atoms in total. The van der Waals surface area contributed by atoms with Crippen molar-refractivity contribution in [2.45, 2.75) is 367 Å². The SMILES string of the molecule is CC/C=C\C/C=C\C/C=C\C/C=C\C/C=C\CCCCCC(=O)OC(COC(=O)CCCCCCCCCCC/C=C\C/C=C\CCCCC)COC(=O)CCCCCCCCCCCCCCCCCCCCCCCCCCCC. The first kappa shape index (κ1) is 78.6. The van der Waals surface area contributed by atoms with Crippen molar-refractivity contribution in [1.29, 1.82) is 0 Å². The molecule has 0 aromatic rings. The molecule has 0 radical (unpaired) electrons. The van der Waals surface area contributed by atoms with Gasteiger partial charge >= 0.3 is 17.9 Å². The smallest absolute Gasteiger partial charge is 0.306 e. The Labute approximate surface area is 509 Å². The highest BCUT2D eigenvalue weighted by molar-refractivity contribution is 5.71. The van der Waals surface area contributed by atoms with Crippen molar-refractivity contribution in [1.82, 2.24) is 0 Å². The van der Waals surface area contributed by atoms with Crippen LogP contribution in [0.15, 0.2) is 85.1 Å². The van der Waals surface area contributed by atoms with Gasteiger partial charge in [-0.1, -0.05) is 331 Å². The third-order valence-corrected chi connectivity index (χ3v) is 15.6. The summed E-state index contributed by atoms with van der Waals surface area (Å²) in [7, 11) is 0. The second-order valence-electron chi connectivity index (χ2n) is 23.8. The number of unbranched alkanes of at least 4 members (excludes halogenated alkanes) is 40. The minimum absolute atomic E-state index is 0.0883. The van der Waals surface area contributed by atoms with E-state index < -0.39 is 6.10 Å². The quantitative estimate of drug-likeness (QED) is 0.0261. The fourth-order valence-electron chi connectivity index (χ4n) is 10.3. The molecule has 0 bridgehead atoms. The number of hydrogen-bond acceptors (Lipinski definition) is 6. The number of rotatable bonds is 65. The van der Waals surface area contributed by atoms with E-state index in [4.69, 9.17) is 14.2 Å². The minimum Gasteiger partial charge on any atom is -0.462 e. The van der Waals surface area contributed by atoms with Crippen molar-refractivity contribution in [3.8, 4) is 0 Å². The van der Waals surface area contributed by atoms with Gasteiger partial charge in [0.15, 0.2) is 6.10 Å². The van der Waals surface area contributed by atoms with E-state index in [-0.39, 0.29) is 31.1 Å². The highest BCUT2D eigenvalue weighted by Crippen LogP contribution is 2.18. The Hall–Kier alpha value is -3.41. The molecule has 82 heavy (non-hydrogen) atoms. The summed E-state index contributed by atoms with van der Waals surface area (Å²) in [5.41, 5.74) is 0. The molecule has 0 fully saturated rings. The van der Waals surface area contributed by atoms with Crippen molar-refractivity contribution in [3.63, 3.8) is 0 Å². The third-order valence-electron chi connectivity index (χ3n) is 15.6. The fraction of sp³-hybridized carbons (Fsp3) is 0.776. The van der Waals surface area contributed by atoms with Crippen molar-refractivity contribution >= 4 is 17.9 Å². The van der Waals surface area contributed by atoms with Gasteiger partial charge in [-0.2, -0.15) is 0 Å². The average molecular weight is 1140 g/mol. The third kappa shape index (κ3) is 67.4. The molecule has 0 aromatic heterocycles. The first-order valence-electron chi connectivity index (χ1n) is 35.6. The number of esters is 3.